The average molecular weight is 1700 g/mol. The number of aliphatic carboxylic acids is 1. The summed E-state index contributed by atoms with van der Waals surface area (Å²) < 4.78 is 132. The number of likely N-dealkylation sites (tertiary alicyclic amines) is 1. The van der Waals surface area contributed by atoms with Crippen molar-refractivity contribution in [3.8, 4) is 0 Å². The van der Waals surface area contributed by atoms with Crippen LogP contribution in [0, 0.1) is 11.8 Å². The van der Waals surface area contributed by atoms with E-state index in [1.54, 1.807) is 6.92 Å². The van der Waals surface area contributed by atoms with Gasteiger partial charge in [0.15, 0.2) is 11.6 Å². The van der Waals surface area contributed by atoms with Crippen molar-refractivity contribution in [2.24, 2.45) is 29.0 Å². The van der Waals surface area contributed by atoms with Gasteiger partial charge in [0.2, 0.25) is 23.6 Å². The predicted octanol–water partition coefficient (Wildman–Crippen LogP) is 0.287. The van der Waals surface area contributed by atoms with E-state index in [2.05, 4.69) is 91.0 Å². The third-order valence-electron chi connectivity index (χ3n) is 14.0. The maximum Gasteiger partial charge on any atom is 0.534 e. The number of carbonyl (C=O) groups is 15. The van der Waals surface area contributed by atoms with Gasteiger partial charge < -0.3 is 82.6 Å². The Morgan fingerprint density at radius 2 is 0.812 bits per heavy atom. The molecule has 43 nitrogen and oxygen atoms in total. The number of nitrogens with one attached hydrogen (secondary N) is 5. The minimum Gasteiger partial charge on any atom is -0.481 e. The molecule has 9 rings (SSSR count). The van der Waals surface area contributed by atoms with Crippen LogP contribution in [0.15, 0.2) is 78.9 Å². The molecule has 1 saturated heterocycles. The van der Waals surface area contributed by atoms with E-state index in [-0.39, 0.29) is 98.3 Å². The van der Waals surface area contributed by atoms with Gasteiger partial charge in [-0.2, -0.15) is 39.5 Å². The van der Waals surface area contributed by atoms with Gasteiger partial charge >= 0.3 is 60.9 Å². The average Bonchev–Trinajstić information content (AvgIpc) is 1.70. The number of carbonyl (C=O) groups excluding carboxylic acids is 14. The highest BCUT2D eigenvalue weighted by Gasteiger charge is 2.38. The number of aliphatic hydroxyl groups is 1. The van der Waals surface area contributed by atoms with Crippen LogP contribution < -0.4 is 58.3 Å². The molecule has 2 aliphatic heterocycles. The highest BCUT2D eigenvalue weighted by Crippen LogP contribution is 2.33. The van der Waals surface area contributed by atoms with Crippen LogP contribution in [0.4, 0.5) is 58.7 Å². The molecule has 1 unspecified atom stereocenters. The quantitative estimate of drug-likeness (QED) is 0.00638. The van der Waals surface area contributed by atoms with E-state index in [0.717, 1.165) is 117 Å². The molecule has 13 N–H and O–H groups in total. The molecule has 6 aromatic rings. The van der Waals surface area contributed by atoms with Crippen molar-refractivity contribution in [2.45, 2.75) is 64.0 Å². The van der Waals surface area contributed by atoms with Gasteiger partial charge in [-0.05, 0) is 128 Å². The van der Waals surface area contributed by atoms with Crippen molar-refractivity contribution >= 4 is 135 Å². The zero-order valence-corrected chi connectivity index (χ0v) is 63.1. The number of carboxylic acid groups (broad SMARTS) is 1. The van der Waals surface area contributed by atoms with Crippen LogP contribution in [0.2, 0.25) is 0 Å². The van der Waals surface area contributed by atoms with Gasteiger partial charge in [0.25, 0.3) is 11.8 Å². The van der Waals surface area contributed by atoms with Crippen LogP contribution in [0.25, 0.3) is 33.1 Å². The maximum atomic E-state index is 12.9. The summed E-state index contributed by atoms with van der Waals surface area (Å²) in [6.45, 7) is 5.13. The number of ketones is 2. The topological polar surface area (TPSA) is 598 Å². The molecule has 1 fully saturated rings. The highest BCUT2D eigenvalue weighted by atomic mass is 35.5. The first-order valence-electron chi connectivity index (χ1n) is 33.1. The van der Waals surface area contributed by atoms with E-state index in [1.165, 1.54) is 21.3 Å². The normalized spacial score (nSPS) is 13.2. The monoisotopic (exact) mass is 1700 g/mol. The molecular weight excluding hydrogens is 1630 g/mol. The molecule has 0 spiro atoms. The van der Waals surface area contributed by atoms with E-state index < -0.39 is 119 Å². The summed E-state index contributed by atoms with van der Waals surface area (Å²) in [6, 6.07) is 7.31. The minimum atomic E-state index is -4.71. The van der Waals surface area contributed by atoms with Gasteiger partial charge in [0.1, 0.15) is 46.2 Å². The first-order chi connectivity index (χ1) is 54.7. The van der Waals surface area contributed by atoms with Gasteiger partial charge in [-0.1, -0.05) is 21.5 Å². The Morgan fingerprint density at radius 1 is 0.479 bits per heavy atom. The predicted molar refractivity (Wildman–Crippen MR) is 379 cm³/mol. The molecule has 0 bridgehead atoms. The van der Waals surface area contributed by atoms with Gasteiger partial charge in [-0.25, -0.2) is 28.8 Å². The standard InChI is InChI=1S/C16H6F6N6O4.C12H19N3O5.C11H15N3O5.C9H6F3N3O3.C7H6O4.C5H12N2O2.C3H10N2.CH4O.ClH/c17-15(18,19)7-1-3-9-11(5-7)27(25-23-9)31-13(29)14(30)32-28-12-6-8(16(20,21)22)2-4-10(12)24-26-28;1-8-6-10(17)15(11(8)18)7-9(16)13-4-3-5-14-12(19)20-2;1-19-11(18)13-6-2-5-12-8(15)7-14-9(16)3-4-10(14)17;1-17-8(16)18-15-7-4-5(9(10,11)12)2-3-6(7)13-14-15;8-5-1-2-6(9)4(5)3-7(10)11;1-9-5(8)7-4-2-3-6;4-2-1-3-5;1-2;/h1-6H;8H,3-7H2,1-2H3,(H,13,16)(H,14,19);3-4H,2,5-7H2,1H3,(H,12,15)(H,13,18);2-4H,1H3;1-2,4H,3H2,(H,10,11);2-4,6H2,1H3,(H,7,8);1-5H2;2H,1H3;1H. The number of halogens is 10. The fourth-order valence-electron chi connectivity index (χ4n) is 8.32. The number of nitrogens with zero attached hydrogens (tertiary/aromatic N) is 11. The summed E-state index contributed by atoms with van der Waals surface area (Å²) in [7, 11) is 5.91. The van der Waals surface area contributed by atoms with Gasteiger partial charge in [-0.15, -0.1) is 27.7 Å². The molecule has 3 aliphatic rings. The van der Waals surface area contributed by atoms with E-state index in [1.807, 2.05) is 0 Å². The van der Waals surface area contributed by atoms with Crippen LogP contribution in [0.5, 0.6) is 0 Å². The molecular formula is C64H79ClF9N19O24. The second-order valence-electron chi connectivity index (χ2n) is 22.3. The number of ether oxygens (including phenoxy) is 4. The maximum absolute atomic E-state index is 12.9. The number of imide groups is 2. The zero-order chi connectivity index (χ0) is 87.6. The summed E-state index contributed by atoms with van der Waals surface area (Å²) in [4.78, 5) is 183. The Balaban J connectivity index is 0.000000717. The Labute approximate surface area is 659 Å². The second kappa shape index (κ2) is 50.9. The van der Waals surface area contributed by atoms with Crippen molar-refractivity contribution < 1.29 is 155 Å². The number of fused-ring (bicyclic) bond motifs is 3. The van der Waals surface area contributed by atoms with E-state index in [0.29, 0.717) is 69.1 Å². The lowest BCUT2D eigenvalue weighted by Crippen LogP contribution is -2.41. The third-order valence-corrected chi connectivity index (χ3v) is 14.0. The number of rotatable bonds is 22. The van der Waals surface area contributed by atoms with Crippen LogP contribution in [-0.2, 0) is 90.2 Å². The number of benzene rings is 3. The van der Waals surface area contributed by atoms with Crippen molar-refractivity contribution in [3.63, 3.8) is 0 Å². The summed E-state index contributed by atoms with van der Waals surface area (Å²) in [5.41, 5.74) is 11.3. The van der Waals surface area contributed by atoms with Crippen molar-refractivity contribution in [3.05, 3.63) is 95.6 Å². The number of hydrogen-bond donors (Lipinski definition) is 10. The van der Waals surface area contributed by atoms with E-state index >= 15 is 0 Å². The Hall–Kier alpha value is -13.1. The lowest BCUT2D eigenvalue weighted by Gasteiger charge is -2.14. The van der Waals surface area contributed by atoms with E-state index in [9.17, 15) is 111 Å². The number of alkyl halides is 9. The second-order valence-corrected chi connectivity index (χ2v) is 22.3. The van der Waals surface area contributed by atoms with Gasteiger partial charge in [0, 0.05) is 64.3 Å². The zero-order valence-electron chi connectivity index (χ0n) is 62.3. The first kappa shape index (κ1) is 102. The third kappa shape index (κ3) is 35.4. The molecule has 117 heavy (non-hydrogen) atoms. The number of amides is 9. The van der Waals surface area contributed by atoms with Crippen molar-refractivity contribution in [1.82, 2.24) is 81.9 Å². The van der Waals surface area contributed by atoms with E-state index in [4.69, 9.17) is 27.4 Å². The molecule has 0 radical (unpaired) electrons. The number of aromatic nitrogens is 9. The molecule has 3 aromatic carbocycles. The summed E-state index contributed by atoms with van der Waals surface area (Å²) in [5.74, 6) is -9.22. The Kier molecular flexibility index (Phi) is 44.3. The van der Waals surface area contributed by atoms with Crippen molar-refractivity contribution in [1.29, 1.82) is 0 Å². The smallest absolute Gasteiger partial charge is 0.481 e. The number of carboxylic acids is 1. The minimum absolute atomic E-state index is 0. The number of aliphatic hydroxyl groups excluding tert-OH is 1. The van der Waals surface area contributed by atoms with Crippen LogP contribution in [-0.4, -0.2) is 256 Å². The van der Waals surface area contributed by atoms with Gasteiger partial charge in [0.05, 0.1) is 57.5 Å². The summed E-state index contributed by atoms with van der Waals surface area (Å²) in [5, 5.41) is 48.3. The van der Waals surface area contributed by atoms with Gasteiger partial charge in [-0.3, -0.25) is 57.8 Å². The molecule has 0 saturated carbocycles. The van der Waals surface area contributed by atoms with Crippen LogP contribution in [0.3, 0.4) is 0 Å². The highest BCUT2D eigenvalue weighted by molar-refractivity contribution is 6.30. The lowest BCUT2D eigenvalue weighted by atomic mass is 10.0. The fraction of sp³-hybridized carbons (Fsp3) is 0.422. The molecule has 644 valence electrons. The number of allylic oxidation sites excluding steroid dienone is 2. The molecule has 1 atom stereocenters. The van der Waals surface area contributed by atoms with Crippen molar-refractivity contribution in [2.75, 3.05) is 101 Å². The number of methoxy groups -OCH3 is 4. The molecule has 53 heteroatoms. The van der Waals surface area contributed by atoms with Crippen LogP contribution >= 0.6 is 12.4 Å². The number of nitrogens with two attached hydrogens (primary N) is 3. The Morgan fingerprint density at radius 3 is 1.11 bits per heavy atom. The SMILES string of the molecule is CO.COC(=O)NCCCN.COC(=O)NCCCNC(=O)CN1C(=O)C=CC1=O.COC(=O)NCCCNC(=O)CN1C(=O)CC(C)C1=O.COC(=O)On1nnc2ccc(C(F)(F)F)cc21.Cl.NCCCN.O=C(O)CC1C(=O)C=CC1=O.O=C(On1nnc2ccc(C(F)(F)F)cc21)C(=O)On1nnc2ccc(C(F)(F)F)cc21. The molecule has 9 amide bonds. The lowest BCUT2D eigenvalue weighted by molar-refractivity contribution is -0.169. The first-order valence-corrected chi connectivity index (χ1v) is 33.1. The summed E-state index contributed by atoms with van der Waals surface area (Å²) >= 11 is 0. The largest absolute Gasteiger partial charge is 0.534 e. The Bertz CT molecular complexity index is 4320. The number of hydrogen-bond acceptors (Lipinski definition) is 32. The fourth-order valence-corrected chi connectivity index (χ4v) is 8.32. The van der Waals surface area contributed by atoms with Crippen LogP contribution in [0.1, 0.15) is 62.1 Å². The number of alkyl carbamates (subject to hydrolysis) is 3. The molecule has 1 aliphatic carbocycles. The molecule has 5 heterocycles. The molecule has 3 aromatic heterocycles. The summed E-state index contributed by atoms with van der Waals surface area (Å²) in [6.07, 6.45) is -9.49.